The van der Waals surface area contributed by atoms with Crippen molar-refractivity contribution in [1.82, 2.24) is 15.0 Å². The van der Waals surface area contributed by atoms with Gasteiger partial charge >= 0.3 is 0 Å². The summed E-state index contributed by atoms with van der Waals surface area (Å²) in [5.74, 6) is 0.514. The van der Waals surface area contributed by atoms with Crippen LogP contribution in [0.2, 0.25) is 0 Å². The van der Waals surface area contributed by atoms with Crippen molar-refractivity contribution in [3.05, 3.63) is 56.9 Å². The minimum atomic E-state index is -0.168. The van der Waals surface area contributed by atoms with E-state index < -0.39 is 0 Å². The van der Waals surface area contributed by atoms with Crippen LogP contribution < -0.4 is 5.56 Å². The summed E-state index contributed by atoms with van der Waals surface area (Å²) in [4.78, 5) is 24.0. The van der Waals surface area contributed by atoms with Gasteiger partial charge in [0.25, 0.3) is 5.56 Å². The summed E-state index contributed by atoms with van der Waals surface area (Å²) in [7, 11) is 0. The van der Waals surface area contributed by atoms with Gasteiger partial charge in [0.1, 0.15) is 5.82 Å². The van der Waals surface area contributed by atoms with E-state index in [1.54, 1.807) is 35.7 Å². The standard InChI is InChI=1S/C13H9N3OS/c17-13-10-4-1-7-14-12(10)15-11(16-13)6-5-9-3-2-8-18-9/h1-8H,(H,14,15,16,17)/b6-5+. The number of aromatic amines is 1. The summed E-state index contributed by atoms with van der Waals surface area (Å²) in [6.07, 6.45) is 5.32. The lowest BCUT2D eigenvalue weighted by Crippen LogP contribution is -2.10. The second kappa shape index (κ2) is 4.54. The smallest absolute Gasteiger partial charge is 0.260 e. The van der Waals surface area contributed by atoms with E-state index in [1.165, 1.54) is 0 Å². The Balaban J connectivity index is 2.06. The molecule has 0 saturated heterocycles. The fraction of sp³-hybridized carbons (Fsp3) is 0. The molecule has 0 amide bonds. The van der Waals surface area contributed by atoms with Gasteiger partial charge in [-0.3, -0.25) is 4.79 Å². The molecule has 0 fully saturated rings. The number of hydrogen-bond donors (Lipinski definition) is 1. The molecule has 0 radical (unpaired) electrons. The Morgan fingerprint density at radius 2 is 2.17 bits per heavy atom. The van der Waals surface area contributed by atoms with Gasteiger partial charge in [-0.05, 0) is 35.7 Å². The van der Waals surface area contributed by atoms with E-state index in [9.17, 15) is 4.79 Å². The molecule has 3 aromatic rings. The monoisotopic (exact) mass is 255 g/mol. The number of nitrogens with one attached hydrogen (secondary N) is 1. The van der Waals surface area contributed by atoms with Gasteiger partial charge in [0.15, 0.2) is 5.65 Å². The normalized spacial score (nSPS) is 11.3. The summed E-state index contributed by atoms with van der Waals surface area (Å²) in [5.41, 5.74) is 0.297. The Hall–Kier alpha value is -2.27. The third-order valence-corrected chi connectivity index (χ3v) is 3.29. The molecule has 0 aromatic carbocycles. The van der Waals surface area contributed by atoms with Gasteiger partial charge in [-0.25, -0.2) is 9.97 Å². The van der Waals surface area contributed by atoms with Crippen molar-refractivity contribution < 1.29 is 0 Å². The lowest BCUT2D eigenvalue weighted by molar-refractivity contribution is 1.11. The van der Waals surface area contributed by atoms with Crippen molar-refractivity contribution in [3.63, 3.8) is 0 Å². The molecular formula is C13H9N3OS. The molecule has 88 valence electrons. The number of hydrogen-bond acceptors (Lipinski definition) is 4. The quantitative estimate of drug-likeness (QED) is 0.765. The van der Waals surface area contributed by atoms with Crippen LogP contribution in [0.15, 0.2) is 40.6 Å². The Morgan fingerprint density at radius 1 is 1.22 bits per heavy atom. The van der Waals surface area contributed by atoms with Crippen LogP contribution in [-0.4, -0.2) is 15.0 Å². The van der Waals surface area contributed by atoms with Gasteiger partial charge in [-0.2, -0.15) is 0 Å². The summed E-state index contributed by atoms with van der Waals surface area (Å²) in [6, 6.07) is 7.41. The van der Waals surface area contributed by atoms with E-state index in [0.29, 0.717) is 16.9 Å². The maximum Gasteiger partial charge on any atom is 0.260 e. The molecule has 0 aliphatic heterocycles. The average Bonchev–Trinajstić information content (AvgIpc) is 2.90. The highest BCUT2D eigenvalue weighted by atomic mass is 32.1. The number of thiophene rings is 1. The largest absolute Gasteiger partial charge is 0.306 e. The molecule has 3 aromatic heterocycles. The molecule has 3 rings (SSSR count). The molecule has 0 saturated carbocycles. The summed E-state index contributed by atoms with van der Waals surface area (Å²) in [6.45, 7) is 0. The van der Waals surface area contributed by atoms with Crippen molar-refractivity contribution in [2.45, 2.75) is 0 Å². The SMILES string of the molecule is O=c1[nH]c(/C=C/c2cccs2)nc2ncccc12. The Bertz CT molecular complexity index is 759. The van der Waals surface area contributed by atoms with Crippen molar-refractivity contribution >= 4 is 34.5 Å². The van der Waals surface area contributed by atoms with Gasteiger partial charge in [0, 0.05) is 11.1 Å². The Labute approximate surface area is 107 Å². The van der Waals surface area contributed by atoms with Crippen molar-refractivity contribution in [2.75, 3.05) is 0 Å². The van der Waals surface area contributed by atoms with Gasteiger partial charge in [-0.15, -0.1) is 11.3 Å². The fourth-order valence-electron chi connectivity index (χ4n) is 1.62. The van der Waals surface area contributed by atoms with Gasteiger partial charge in [0.2, 0.25) is 0 Å². The molecule has 1 N–H and O–H groups in total. The van der Waals surface area contributed by atoms with Crippen molar-refractivity contribution in [2.24, 2.45) is 0 Å². The first-order valence-corrected chi connectivity index (χ1v) is 6.27. The average molecular weight is 255 g/mol. The number of rotatable bonds is 2. The van der Waals surface area contributed by atoms with Crippen molar-refractivity contribution in [3.8, 4) is 0 Å². The Kier molecular flexibility index (Phi) is 2.74. The Morgan fingerprint density at radius 3 is 3.00 bits per heavy atom. The molecule has 5 heteroatoms. The molecule has 3 heterocycles. The first-order valence-electron chi connectivity index (χ1n) is 5.39. The van der Waals surface area contributed by atoms with Crippen LogP contribution in [0.5, 0.6) is 0 Å². The fourth-order valence-corrected chi connectivity index (χ4v) is 2.23. The first kappa shape index (κ1) is 10.9. The predicted octanol–water partition coefficient (Wildman–Crippen LogP) is 2.55. The van der Waals surface area contributed by atoms with Crippen LogP contribution in [0.3, 0.4) is 0 Å². The highest BCUT2D eigenvalue weighted by Gasteiger charge is 2.01. The van der Waals surface area contributed by atoms with Crippen LogP contribution >= 0.6 is 11.3 Å². The number of pyridine rings is 1. The highest BCUT2D eigenvalue weighted by molar-refractivity contribution is 7.10. The molecule has 0 aliphatic rings. The number of nitrogens with zero attached hydrogens (tertiary/aromatic N) is 2. The molecule has 18 heavy (non-hydrogen) atoms. The maximum absolute atomic E-state index is 11.8. The van der Waals surface area contributed by atoms with E-state index in [0.717, 1.165) is 4.88 Å². The third kappa shape index (κ3) is 2.08. The molecule has 0 unspecified atom stereocenters. The lowest BCUT2D eigenvalue weighted by Gasteiger charge is -1.96. The molecule has 4 nitrogen and oxygen atoms in total. The van der Waals surface area contributed by atoms with Crippen molar-refractivity contribution in [1.29, 1.82) is 0 Å². The number of H-pyrrole nitrogens is 1. The minimum absolute atomic E-state index is 0.168. The van der Waals surface area contributed by atoms with E-state index >= 15 is 0 Å². The first-order chi connectivity index (χ1) is 8.83. The predicted molar refractivity (Wildman–Crippen MR) is 73.4 cm³/mol. The van der Waals surface area contributed by atoms with E-state index in [1.807, 2.05) is 23.6 Å². The molecule has 0 aliphatic carbocycles. The second-order valence-corrected chi connectivity index (χ2v) is 4.65. The van der Waals surface area contributed by atoms with Crippen LogP contribution in [0.4, 0.5) is 0 Å². The van der Waals surface area contributed by atoms with Crippen LogP contribution in [0.1, 0.15) is 10.7 Å². The maximum atomic E-state index is 11.8. The lowest BCUT2D eigenvalue weighted by atomic mass is 10.3. The topological polar surface area (TPSA) is 58.6 Å². The third-order valence-electron chi connectivity index (χ3n) is 2.45. The number of fused-ring (bicyclic) bond motifs is 1. The zero-order chi connectivity index (χ0) is 12.4. The summed E-state index contributed by atoms with van der Waals surface area (Å²) < 4.78 is 0. The van der Waals surface area contributed by atoms with E-state index in [2.05, 4.69) is 15.0 Å². The summed E-state index contributed by atoms with van der Waals surface area (Å²) >= 11 is 1.63. The number of aromatic nitrogens is 3. The molecule has 0 atom stereocenters. The van der Waals surface area contributed by atoms with Gasteiger partial charge in [-0.1, -0.05) is 6.07 Å². The second-order valence-electron chi connectivity index (χ2n) is 3.67. The highest BCUT2D eigenvalue weighted by Crippen LogP contribution is 2.12. The molecule has 0 bridgehead atoms. The van der Waals surface area contributed by atoms with Crippen LogP contribution in [-0.2, 0) is 0 Å². The van der Waals surface area contributed by atoms with E-state index in [-0.39, 0.29) is 5.56 Å². The summed E-state index contributed by atoms with van der Waals surface area (Å²) in [5, 5.41) is 2.50. The molecular weight excluding hydrogens is 246 g/mol. The van der Waals surface area contributed by atoms with E-state index in [4.69, 9.17) is 0 Å². The zero-order valence-electron chi connectivity index (χ0n) is 9.33. The van der Waals surface area contributed by atoms with Gasteiger partial charge < -0.3 is 4.98 Å². The zero-order valence-corrected chi connectivity index (χ0v) is 10.1. The van der Waals surface area contributed by atoms with Crippen LogP contribution in [0, 0.1) is 0 Å². The van der Waals surface area contributed by atoms with Gasteiger partial charge in [0.05, 0.1) is 5.39 Å². The van der Waals surface area contributed by atoms with Crippen LogP contribution in [0.25, 0.3) is 23.2 Å². The molecule has 0 spiro atoms. The minimum Gasteiger partial charge on any atom is -0.306 e.